The highest BCUT2D eigenvalue weighted by Crippen LogP contribution is 2.27. The minimum absolute atomic E-state index is 0.210. The lowest BCUT2D eigenvalue weighted by Crippen LogP contribution is -2.32. The van der Waals surface area contributed by atoms with E-state index < -0.39 is 6.10 Å². The van der Waals surface area contributed by atoms with Crippen LogP contribution in [0.3, 0.4) is 0 Å². The van der Waals surface area contributed by atoms with Gasteiger partial charge < -0.3 is 10.1 Å². The van der Waals surface area contributed by atoms with Gasteiger partial charge in [-0.25, -0.2) is 0 Å². The molecule has 0 aromatic heterocycles. The maximum atomic E-state index is 12.5. The van der Waals surface area contributed by atoms with E-state index in [0.717, 1.165) is 18.6 Å². The molecule has 132 valence electrons. The molecule has 0 saturated heterocycles. The van der Waals surface area contributed by atoms with Crippen molar-refractivity contribution in [2.24, 2.45) is 0 Å². The van der Waals surface area contributed by atoms with Gasteiger partial charge in [-0.05, 0) is 73.6 Å². The zero-order valence-electron chi connectivity index (χ0n) is 14.1. The normalized spacial score (nSPS) is 14.5. The fourth-order valence-electron chi connectivity index (χ4n) is 3.12. The fourth-order valence-corrected chi connectivity index (χ4v) is 3.64. The van der Waals surface area contributed by atoms with Crippen molar-refractivity contribution in [3.05, 3.63) is 57.6 Å². The lowest BCUT2D eigenvalue weighted by atomic mass is 9.92. The van der Waals surface area contributed by atoms with E-state index in [9.17, 15) is 4.79 Å². The molecule has 3 rings (SSSR count). The van der Waals surface area contributed by atoms with E-state index >= 15 is 0 Å². The Labute approximate surface area is 158 Å². The number of carbonyl (C=O) groups excluding carboxylic acids is 1. The molecule has 0 aliphatic heterocycles. The van der Waals surface area contributed by atoms with Crippen LogP contribution in [-0.4, -0.2) is 12.0 Å². The van der Waals surface area contributed by atoms with Gasteiger partial charge in [-0.1, -0.05) is 36.2 Å². The van der Waals surface area contributed by atoms with Gasteiger partial charge in [-0.15, -0.1) is 0 Å². The van der Waals surface area contributed by atoms with Crippen LogP contribution in [0.25, 0.3) is 0 Å². The summed E-state index contributed by atoms with van der Waals surface area (Å²) in [6.45, 7) is 1.92. The lowest BCUT2D eigenvalue weighted by molar-refractivity contribution is -0.122. The first-order valence-corrected chi connectivity index (χ1v) is 9.36. The van der Waals surface area contributed by atoms with Crippen molar-refractivity contribution in [3.63, 3.8) is 0 Å². The van der Waals surface area contributed by atoms with Crippen LogP contribution in [-0.2, 0) is 17.6 Å². The highest BCUT2D eigenvalue weighted by molar-refractivity contribution is 6.35. The van der Waals surface area contributed by atoms with Crippen molar-refractivity contribution in [1.29, 1.82) is 0 Å². The average molecular weight is 378 g/mol. The molecule has 0 fully saturated rings. The van der Waals surface area contributed by atoms with E-state index in [2.05, 4.69) is 17.4 Å². The molecule has 1 aliphatic rings. The Balaban J connectivity index is 1.70. The topological polar surface area (TPSA) is 38.3 Å². The molecule has 2 aromatic rings. The van der Waals surface area contributed by atoms with Crippen molar-refractivity contribution in [1.82, 2.24) is 0 Å². The largest absolute Gasteiger partial charge is 0.481 e. The van der Waals surface area contributed by atoms with Gasteiger partial charge in [0.05, 0.1) is 0 Å². The molecule has 0 heterocycles. The van der Waals surface area contributed by atoms with Gasteiger partial charge in [-0.3, -0.25) is 4.79 Å². The quantitative estimate of drug-likeness (QED) is 0.728. The smallest absolute Gasteiger partial charge is 0.265 e. The standard InChI is InChI=1S/C20H21Cl2NO2/c1-2-19(20(24)23-17-11-15(21)10-16(22)12-17)25-18-8-7-13-5-3-4-6-14(13)9-18/h7-12,19H,2-6H2,1H3,(H,23,24)/t19-/m1/s1. The lowest BCUT2D eigenvalue weighted by Gasteiger charge is -2.20. The Hall–Kier alpha value is -1.71. The molecule has 3 nitrogen and oxygen atoms in total. The van der Waals surface area contributed by atoms with Crippen LogP contribution in [0.5, 0.6) is 5.75 Å². The van der Waals surface area contributed by atoms with Gasteiger partial charge in [0.2, 0.25) is 0 Å². The van der Waals surface area contributed by atoms with Crippen molar-refractivity contribution >= 4 is 34.8 Å². The summed E-state index contributed by atoms with van der Waals surface area (Å²) in [5, 5.41) is 3.78. The van der Waals surface area contributed by atoms with Crippen LogP contribution in [0, 0.1) is 0 Å². The summed E-state index contributed by atoms with van der Waals surface area (Å²) in [5.41, 5.74) is 3.29. The number of nitrogens with one attached hydrogen (secondary N) is 1. The van der Waals surface area contributed by atoms with Gasteiger partial charge in [0.15, 0.2) is 6.10 Å². The van der Waals surface area contributed by atoms with E-state index in [4.69, 9.17) is 27.9 Å². The summed E-state index contributed by atoms with van der Waals surface area (Å²) in [5.74, 6) is 0.533. The van der Waals surface area contributed by atoms with Crippen LogP contribution in [0.4, 0.5) is 5.69 Å². The predicted molar refractivity (Wildman–Crippen MR) is 103 cm³/mol. The Morgan fingerprint density at radius 1 is 1.08 bits per heavy atom. The zero-order valence-corrected chi connectivity index (χ0v) is 15.7. The van der Waals surface area contributed by atoms with Gasteiger partial charge >= 0.3 is 0 Å². The summed E-state index contributed by atoms with van der Waals surface area (Å²) in [4.78, 5) is 12.5. The third-order valence-electron chi connectivity index (χ3n) is 4.39. The number of benzene rings is 2. The second-order valence-electron chi connectivity index (χ2n) is 6.30. The van der Waals surface area contributed by atoms with Crippen LogP contribution in [0.15, 0.2) is 36.4 Å². The van der Waals surface area contributed by atoms with E-state index in [-0.39, 0.29) is 5.91 Å². The predicted octanol–water partition coefficient (Wildman–Crippen LogP) is 5.67. The minimum Gasteiger partial charge on any atom is -0.481 e. The number of fused-ring (bicyclic) bond motifs is 1. The summed E-state index contributed by atoms with van der Waals surface area (Å²) in [7, 11) is 0. The molecule has 5 heteroatoms. The second kappa shape index (κ2) is 8.11. The summed E-state index contributed by atoms with van der Waals surface area (Å²) in [6, 6.07) is 11.1. The molecule has 2 aromatic carbocycles. The molecule has 0 unspecified atom stereocenters. The number of rotatable bonds is 5. The van der Waals surface area contributed by atoms with Crippen molar-refractivity contribution in [2.45, 2.75) is 45.1 Å². The molecule has 0 saturated carbocycles. The van der Waals surface area contributed by atoms with Crippen LogP contribution in [0.2, 0.25) is 10.0 Å². The van der Waals surface area contributed by atoms with Crippen molar-refractivity contribution < 1.29 is 9.53 Å². The Morgan fingerprint density at radius 3 is 2.44 bits per heavy atom. The minimum atomic E-state index is -0.570. The molecular weight excluding hydrogens is 357 g/mol. The molecule has 1 atom stereocenters. The van der Waals surface area contributed by atoms with Crippen LogP contribution < -0.4 is 10.1 Å². The van der Waals surface area contributed by atoms with Crippen LogP contribution in [0.1, 0.15) is 37.3 Å². The summed E-state index contributed by atoms with van der Waals surface area (Å²) < 4.78 is 5.95. The summed E-state index contributed by atoms with van der Waals surface area (Å²) in [6.07, 6.45) is 4.66. The maximum Gasteiger partial charge on any atom is 0.265 e. The first kappa shape index (κ1) is 18.1. The Bertz CT molecular complexity index is 756. The SMILES string of the molecule is CC[C@@H](Oc1ccc2c(c1)CCCC2)C(=O)Nc1cc(Cl)cc(Cl)c1. The van der Waals surface area contributed by atoms with E-state index in [0.29, 0.717) is 22.2 Å². The molecule has 25 heavy (non-hydrogen) atoms. The van der Waals surface area contributed by atoms with Crippen molar-refractivity contribution in [2.75, 3.05) is 5.32 Å². The van der Waals surface area contributed by atoms with E-state index in [1.165, 1.54) is 24.0 Å². The number of aryl methyl sites for hydroxylation is 2. The molecule has 0 bridgehead atoms. The second-order valence-corrected chi connectivity index (χ2v) is 7.17. The fraction of sp³-hybridized carbons (Fsp3) is 0.350. The summed E-state index contributed by atoms with van der Waals surface area (Å²) >= 11 is 12.0. The van der Waals surface area contributed by atoms with Crippen molar-refractivity contribution in [3.8, 4) is 5.75 Å². The number of ether oxygens (including phenoxy) is 1. The van der Waals surface area contributed by atoms with Gasteiger partial charge in [0.1, 0.15) is 5.75 Å². The third kappa shape index (κ3) is 4.68. The average Bonchev–Trinajstić information content (AvgIpc) is 2.58. The number of anilines is 1. The van der Waals surface area contributed by atoms with Gasteiger partial charge in [0.25, 0.3) is 5.91 Å². The highest BCUT2D eigenvalue weighted by atomic mass is 35.5. The van der Waals surface area contributed by atoms with Gasteiger partial charge in [-0.2, -0.15) is 0 Å². The molecule has 1 amide bonds. The first-order valence-electron chi connectivity index (χ1n) is 8.60. The number of halogens is 2. The van der Waals surface area contributed by atoms with Gasteiger partial charge in [0, 0.05) is 15.7 Å². The number of hydrogen-bond donors (Lipinski definition) is 1. The zero-order chi connectivity index (χ0) is 17.8. The highest BCUT2D eigenvalue weighted by Gasteiger charge is 2.20. The maximum absolute atomic E-state index is 12.5. The van der Waals surface area contributed by atoms with E-state index in [1.807, 2.05) is 13.0 Å². The molecule has 0 radical (unpaired) electrons. The van der Waals surface area contributed by atoms with E-state index in [1.54, 1.807) is 18.2 Å². The molecule has 1 N–H and O–H groups in total. The molecule has 0 spiro atoms. The number of carbonyl (C=O) groups is 1. The molecule has 1 aliphatic carbocycles. The number of amides is 1. The number of hydrogen-bond acceptors (Lipinski definition) is 2. The Kier molecular flexibility index (Phi) is 5.87. The Morgan fingerprint density at radius 2 is 1.76 bits per heavy atom. The monoisotopic (exact) mass is 377 g/mol. The first-order chi connectivity index (χ1) is 12.0. The van der Waals surface area contributed by atoms with Crippen LogP contribution >= 0.6 is 23.2 Å². The third-order valence-corrected chi connectivity index (χ3v) is 4.83. The molecular formula is C20H21Cl2NO2.